The average Bonchev–Trinajstić information content (AvgIpc) is 3.06. The van der Waals surface area contributed by atoms with Gasteiger partial charge in [-0.25, -0.2) is 9.18 Å². The molecule has 0 aromatic heterocycles. The van der Waals surface area contributed by atoms with Gasteiger partial charge in [0.25, 0.3) is 5.91 Å². The molecule has 0 aliphatic carbocycles. The fourth-order valence-corrected chi connectivity index (χ4v) is 3.57. The van der Waals surface area contributed by atoms with Crippen molar-refractivity contribution in [3.63, 3.8) is 0 Å². The number of halogens is 1. The standard InChI is InChI=1S/C20H20FN3O3/c1-23-16-11-24(20(26)22-10-13-5-3-2-4-6-13)12-18(16)27-17-9-14(21)7-8-15(17)19(23)25/h2-9,16,18H,10-12H2,1H3,(H,22,26)/t16-,18+/m1/s1. The molecule has 27 heavy (non-hydrogen) atoms. The fourth-order valence-electron chi connectivity index (χ4n) is 3.57. The van der Waals surface area contributed by atoms with E-state index in [4.69, 9.17) is 4.74 Å². The highest BCUT2D eigenvalue weighted by molar-refractivity contribution is 5.97. The first-order valence-corrected chi connectivity index (χ1v) is 8.83. The second-order valence-corrected chi connectivity index (χ2v) is 6.83. The summed E-state index contributed by atoms with van der Waals surface area (Å²) in [5, 5.41) is 2.89. The van der Waals surface area contributed by atoms with E-state index in [0.717, 1.165) is 5.56 Å². The average molecular weight is 369 g/mol. The first-order valence-electron chi connectivity index (χ1n) is 8.83. The molecule has 6 nitrogen and oxygen atoms in total. The van der Waals surface area contributed by atoms with Gasteiger partial charge in [0.05, 0.1) is 18.2 Å². The van der Waals surface area contributed by atoms with Gasteiger partial charge in [-0.15, -0.1) is 0 Å². The Kier molecular flexibility index (Phi) is 4.43. The summed E-state index contributed by atoms with van der Waals surface area (Å²) >= 11 is 0. The molecule has 7 heteroatoms. The van der Waals surface area contributed by atoms with E-state index in [9.17, 15) is 14.0 Å². The minimum Gasteiger partial charge on any atom is -0.485 e. The third kappa shape index (κ3) is 3.32. The number of likely N-dealkylation sites (N-methyl/N-ethyl adjacent to an activating group) is 1. The fraction of sp³-hybridized carbons (Fsp3) is 0.300. The molecule has 0 saturated carbocycles. The summed E-state index contributed by atoms with van der Waals surface area (Å²) in [7, 11) is 1.69. The maximum Gasteiger partial charge on any atom is 0.317 e. The number of carbonyl (C=O) groups excluding carboxylic acids is 2. The molecule has 3 amide bonds. The molecule has 2 aromatic carbocycles. The summed E-state index contributed by atoms with van der Waals surface area (Å²) in [5.41, 5.74) is 1.35. The monoisotopic (exact) mass is 369 g/mol. The Morgan fingerprint density at radius 2 is 2.00 bits per heavy atom. The van der Waals surface area contributed by atoms with Crippen LogP contribution in [-0.4, -0.2) is 54.0 Å². The highest BCUT2D eigenvalue weighted by atomic mass is 19.1. The summed E-state index contributed by atoms with van der Waals surface area (Å²) in [4.78, 5) is 28.4. The lowest BCUT2D eigenvalue weighted by molar-refractivity contribution is 0.0682. The largest absolute Gasteiger partial charge is 0.485 e. The number of amides is 3. The molecule has 0 bridgehead atoms. The van der Waals surface area contributed by atoms with Crippen LogP contribution in [0.3, 0.4) is 0 Å². The lowest BCUT2D eigenvalue weighted by Crippen LogP contribution is -2.44. The Morgan fingerprint density at radius 1 is 1.22 bits per heavy atom. The summed E-state index contributed by atoms with van der Waals surface area (Å²) in [5.74, 6) is -0.465. The molecular formula is C20H20FN3O3. The van der Waals surface area contributed by atoms with Crippen molar-refractivity contribution >= 4 is 11.9 Å². The van der Waals surface area contributed by atoms with Crippen molar-refractivity contribution in [1.29, 1.82) is 0 Å². The molecule has 0 unspecified atom stereocenters. The summed E-state index contributed by atoms with van der Waals surface area (Å²) in [6, 6.07) is 13.1. The first-order chi connectivity index (χ1) is 13.0. The lowest BCUT2D eigenvalue weighted by atomic mass is 10.1. The number of likely N-dealkylation sites (tertiary alicyclic amines) is 1. The van der Waals surface area contributed by atoms with Crippen LogP contribution in [0, 0.1) is 5.82 Å². The maximum absolute atomic E-state index is 13.6. The van der Waals surface area contributed by atoms with Crippen molar-refractivity contribution in [2.24, 2.45) is 0 Å². The van der Waals surface area contributed by atoms with Gasteiger partial charge in [-0.1, -0.05) is 30.3 Å². The van der Waals surface area contributed by atoms with E-state index in [1.54, 1.807) is 16.8 Å². The second-order valence-electron chi connectivity index (χ2n) is 6.83. The van der Waals surface area contributed by atoms with Crippen LogP contribution in [0.25, 0.3) is 0 Å². The van der Waals surface area contributed by atoms with Crippen molar-refractivity contribution in [2.45, 2.75) is 18.7 Å². The maximum atomic E-state index is 13.6. The van der Waals surface area contributed by atoms with Crippen LogP contribution in [0.5, 0.6) is 5.75 Å². The smallest absolute Gasteiger partial charge is 0.317 e. The van der Waals surface area contributed by atoms with Crippen molar-refractivity contribution in [3.8, 4) is 5.75 Å². The van der Waals surface area contributed by atoms with E-state index in [2.05, 4.69) is 5.32 Å². The minimum absolute atomic E-state index is 0.212. The highest BCUT2D eigenvalue weighted by Crippen LogP contribution is 2.31. The second kappa shape index (κ2) is 6.90. The number of hydrogen-bond donors (Lipinski definition) is 1. The number of nitrogens with one attached hydrogen (secondary N) is 1. The molecule has 1 N–H and O–H groups in total. The SMILES string of the molecule is CN1C(=O)c2ccc(F)cc2O[C@H]2CN(C(=O)NCc3ccccc3)C[C@H]21. The molecule has 0 spiro atoms. The lowest BCUT2D eigenvalue weighted by Gasteiger charge is -2.25. The molecule has 2 atom stereocenters. The summed E-state index contributed by atoms with van der Waals surface area (Å²) in [6.07, 6.45) is -0.399. The van der Waals surface area contributed by atoms with Crippen LogP contribution in [0.4, 0.5) is 9.18 Å². The number of nitrogens with zero attached hydrogens (tertiary/aromatic N) is 2. The highest BCUT2D eigenvalue weighted by Gasteiger charge is 2.43. The Labute approximate surface area is 156 Å². The van der Waals surface area contributed by atoms with Gasteiger partial charge in [0, 0.05) is 26.2 Å². The number of fused-ring (bicyclic) bond motifs is 2. The Balaban J connectivity index is 1.47. The van der Waals surface area contributed by atoms with E-state index in [1.165, 1.54) is 18.2 Å². The van der Waals surface area contributed by atoms with Crippen LogP contribution in [0.2, 0.25) is 0 Å². The van der Waals surface area contributed by atoms with E-state index in [-0.39, 0.29) is 23.7 Å². The number of urea groups is 1. The normalized spacial score (nSPS) is 21.2. The molecule has 2 aliphatic heterocycles. The zero-order valence-electron chi connectivity index (χ0n) is 14.9. The Morgan fingerprint density at radius 3 is 2.78 bits per heavy atom. The quantitative estimate of drug-likeness (QED) is 0.883. The third-order valence-corrected chi connectivity index (χ3v) is 5.08. The zero-order valence-corrected chi connectivity index (χ0v) is 14.9. The summed E-state index contributed by atoms with van der Waals surface area (Å²) < 4.78 is 19.5. The molecule has 2 aromatic rings. The van der Waals surface area contributed by atoms with E-state index < -0.39 is 11.9 Å². The topological polar surface area (TPSA) is 61.9 Å². The van der Waals surface area contributed by atoms with Crippen LogP contribution >= 0.6 is 0 Å². The van der Waals surface area contributed by atoms with E-state index >= 15 is 0 Å². The van der Waals surface area contributed by atoms with Crippen molar-refractivity contribution < 1.29 is 18.7 Å². The minimum atomic E-state index is -0.460. The number of rotatable bonds is 2. The van der Waals surface area contributed by atoms with Gasteiger partial charge in [-0.3, -0.25) is 4.79 Å². The van der Waals surface area contributed by atoms with E-state index in [0.29, 0.717) is 25.2 Å². The van der Waals surface area contributed by atoms with Gasteiger partial charge < -0.3 is 19.9 Å². The molecule has 2 heterocycles. The van der Waals surface area contributed by atoms with Crippen LogP contribution in [-0.2, 0) is 6.54 Å². The van der Waals surface area contributed by atoms with Crippen LogP contribution in [0.15, 0.2) is 48.5 Å². The number of hydrogen-bond acceptors (Lipinski definition) is 3. The number of benzene rings is 2. The van der Waals surface area contributed by atoms with Gasteiger partial charge in [-0.05, 0) is 17.7 Å². The molecule has 0 radical (unpaired) electrons. The van der Waals surface area contributed by atoms with Crippen LogP contribution in [0.1, 0.15) is 15.9 Å². The van der Waals surface area contributed by atoms with Crippen molar-refractivity contribution in [1.82, 2.24) is 15.1 Å². The molecule has 140 valence electrons. The predicted molar refractivity (Wildman–Crippen MR) is 96.9 cm³/mol. The molecule has 2 aliphatic rings. The van der Waals surface area contributed by atoms with Gasteiger partial charge in [0.15, 0.2) is 0 Å². The molecule has 1 saturated heterocycles. The van der Waals surface area contributed by atoms with Gasteiger partial charge in [-0.2, -0.15) is 0 Å². The first kappa shape index (κ1) is 17.3. The van der Waals surface area contributed by atoms with Crippen molar-refractivity contribution in [3.05, 3.63) is 65.5 Å². The predicted octanol–water partition coefficient (Wildman–Crippen LogP) is 2.25. The van der Waals surface area contributed by atoms with Crippen LogP contribution < -0.4 is 10.1 Å². The molecular weight excluding hydrogens is 349 g/mol. The van der Waals surface area contributed by atoms with Crippen molar-refractivity contribution in [2.75, 3.05) is 20.1 Å². The van der Waals surface area contributed by atoms with E-state index in [1.807, 2.05) is 30.3 Å². The number of ether oxygens (including phenoxy) is 1. The van der Waals surface area contributed by atoms with Gasteiger partial charge in [0.1, 0.15) is 17.7 Å². The van der Waals surface area contributed by atoms with Gasteiger partial charge in [0.2, 0.25) is 0 Å². The zero-order chi connectivity index (χ0) is 19.0. The Bertz CT molecular complexity index is 874. The summed E-state index contributed by atoms with van der Waals surface area (Å²) in [6.45, 7) is 1.12. The third-order valence-electron chi connectivity index (χ3n) is 5.08. The number of carbonyl (C=O) groups is 2. The molecule has 1 fully saturated rings. The van der Waals surface area contributed by atoms with Gasteiger partial charge >= 0.3 is 6.03 Å². The molecule has 4 rings (SSSR count). The Hall–Kier alpha value is -3.09.